The Morgan fingerprint density at radius 3 is 2.43 bits per heavy atom. The van der Waals surface area contributed by atoms with Crippen molar-refractivity contribution in [3.8, 4) is 0 Å². The Morgan fingerprint density at radius 1 is 1.11 bits per heavy atom. The molecule has 8 heteroatoms. The highest BCUT2D eigenvalue weighted by molar-refractivity contribution is 6.34. The largest absolute Gasteiger partial charge is 0.417 e. The van der Waals surface area contributed by atoms with E-state index < -0.39 is 22.7 Å². The molecule has 1 saturated heterocycles. The molecule has 1 amide bonds. The molecule has 0 aromatic heterocycles. The first kappa shape index (κ1) is 22.5. The van der Waals surface area contributed by atoms with E-state index in [2.05, 4.69) is 10.6 Å². The van der Waals surface area contributed by atoms with Crippen molar-refractivity contribution in [2.24, 2.45) is 0 Å². The highest BCUT2D eigenvalue weighted by atomic mass is 35.5. The summed E-state index contributed by atoms with van der Waals surface area (Å²) < 4.78 is 39.3. The van der Waals surface area contributed by atoms with Crippen LogP contribution in [0.1, 0.15) is 46.8 Å². The summed E-state index contributed by atoms with van der Waals surface area (Å²) in [5, 5.41) is 5.70. The van der Waals surface area contributed by atoms with Gasteiger partial charge in [-0.25, -0.2) is 0 Å². The van der Waals surface area contributed by atoms with Gasteiger partial charge < -0.3 is 10.6 Å². The first-order valence-electron chi connectivity index (χ1n) is 8.83. The summed E-state index contributed by atoms with van der Waals surface area (Å²) in [5.74, 6) is -0.618. The summed E-state index contributed by atoms with van der Waals surface area (Å²) in [7, 11) is 0. The fraction of sp³-hybridized carbons (Fsp3) is 0.350. The Kier molecular flexibility index (Phi) is 7.75. The van der Waals surface area contributed by atoms with E-state index in [1.807, 2.05) is 30.3 Å². The average molecular weight is 433 g/mol. The number of hydrogen-bond acceptors (Lipinski definition) is 2. The lowest BCUT2D eigenvalue weighted by atomic mass is 9.92. The van der Waals surface area contributed by atoms with Gasteiger partial charge in [0, 0.05) is 6.04 Å². The van der Waals surface area contributed by atoms with E-state index in [9.17, 15) is 18.0 Å². The molecular weight excluding hydrogens is 412 g/mol. The molecule has 28 heavy (non-hydrogen) atoms. The van der Waals surface area contributed by atoms with Crippen LogP contribution < -0.4 is 10.6 Å². The Bertz CT molecular complexity index is 794. The minimum absolute atomic E-state index is 0. The predicted octanol–water partition coefficient (Wildman–Crippen LogP) is 5.39. The van der Waals surface area contributed by atoms with Crippen LogP contribution in [-0.4, -0.2) is 18.5 Å². The maximum atomic E-state index is 13.1. The third kappa shape index (κ3) is 5.19. The van der Waals surface area contributed by atoms with Crippen molar-refractivity contribution in [3.63, 3.8) is 0 Å². The van der Waals surface area contributed by atoms with Crippen LogP contribution in [-0.2, 0) is 6.18 Å². The molecule has 2 atom stereocenters. The molecule has 152 valence electrons. The van der Waals surface area contributed by atoms with Gasteiger partial charge in [-0.15, -0.1) is 12.4 Å². The van der Waals surface area contributed by atoms with E-state index >= 15 is 0 Å². The van der Waals surface area contributed by atoms with E-state index in [0.717, 1.165) is 37.4 Å². The van der Waals surface area contributed by atoms with Crippen molar-refractivity contribution in [2.45, 2.75) is 37.5 Å². The van der Waals surface area contributed by atoms with Gasteiger partial charge >= 0.3 is 6.18 Å². The fourth-order valence-electron chi connectivity index (χ4n) is 3.39. The topological polar surface area (TPSA) is 41.1 Å². The van der Waals surface area contributed by atoms with Crippen LogP contribution in [0.2, 0.25) is 5.02 Å². The van der Waals surface area contributed by atoms with Crippen molar-refractivity contribution >= 4 is 29.9 Å². The molecule has 0 spiro atoms. The molecule has 0 radical (unpaired) electrons. The number of alkyl halides is 3. The minimum Gasteiger partial charge on any atom is -0.344 e. The molecule has 0 unspecified atom stereocenters. The van der Waals surface area contributed by atoms with Crippen molar-refractivity contribution in [1.29, 1.82) is 0 Å². The SMILES string of the molecule is Cl.O=C(N[C@@H](c1ccccc1)[C@@H]1CCCCN1)c1cccc(C(F)(F)F)c1Cl. The average Bonchev–Trinajstić information content (AvgIpc) is 2.66. The van der Waals surface area contributed by atoms with Gasteiger partial charge in [-0.3, -0.25) is 4.79 Å². The smallest absolute Gasteiger partial charge is 0.344 e. The van der Waals surface area contributed by atoms with E-state index in [1.165, 1.54) is 12.1 Å². The van der Waals surface area contributed by atoms with Gasteiger partial charge in [-0.2, -0.15) is 13.2 Å². The van der Waals surface area contributed by atoms with Crippen LogP contribution in [0.25, 0.3) is 0 Å². The minimum atomic E-state index is -4.61. The van der Waals surface area contributed by atoms with E-state index in [-0.39, 0.29) is 30.1 Å². The van der Waals surface area contributed by atoms with Crippen molar-refractivity contribution < 1.29 is 18.0 Å². The number of halogens is 5. The second-order valence-corrected chi connectivity index (χ2v) is 6.96. The molecule has 2 aromatic rings. The number of hydrogen-bond donors (Lipinski definition) is 2. The molecule has 2 N–H and O–H groups in total. The zero-order valence-corrected chi connectivity index (χ0v) is 16.5. The highest BCUT2D eigenvalue weighted by Crippen LogP contribution is 2.36. The number of piperidine rings is 1. The van der Waals surface area contributed by atoms with Crippen LogP contribution in [0.4, 0.5) is 13.2 Å². The van der Waals surface area contributed by atoms with Crippen LogP contribution in [0, 0.1) is 0 Å². The van der Waals surface area contributed by atoms with Crippen LogP contribution in [0.15, 0.2) is 48.5 Å². The van der Waals surface area contributed by atoms with Crippen LogP contribution >= 0.6 is 24.0 Å². The molecule has 0 bridgehead atoms. The van der Waals surface area contributed by atoms with E-state index in [1.54, 1.807) is 0 Å². The second-order valence-electron chi connectivity index (χ2n) is 6.58. The summed E-state index contributed by atoms with van der Waals surface area (Å²) in [6.07, 6.45) is -1.65. The van der Waals surface area contributed by atoms with Gasteiger partial charge in [0.15, 0.2) is 0 Å². The van der Waals surface area contributed by atoms with Crippen LogP contribution in [0.3, 0.4) is 0 Å². The Balaban J connectivity index is 0.00000280. The Morgan fingerprint density at radius 2 is 1.82 bits per heavy atom. The second kappa shape index (κ2) is 9.63. The Hall–Kier alpha value is -1.76. The first-order chi connectivity index (χ1) is 12.9. The number of benzene rings is 2. The lowest BCUT2D eigenvalue weighted by Crippen LogP contribution is -2.46. The summed E-state index contributed by atoms with van der Waals surface area (Å²) in [6, 6.07) is 12.4. The summed E-state index contributed by atoms with van der Waals surface area (Å²) in [6.45, 7) is 0.841. The van der Waals surface area contributed by atoms with E-state index in [0.29, 0.717) is 0 Å². The number of amides is 1. The third-order valence-corrected chi connectivity index (χ3v) is 5.15. The monoisotopic (exact) mass is 432 g/mol. The first-order valence-corrected chi connectivity index (χ1v) is 9.20. The fourth-order valence-corrected chi connectivity index (χ4v) is 3.70. The number of carbonyl (C=O) groups excluding carboxylic acids is 1. The number of carbonyl (C=O) groups is 1. The molecule has 0 saturated carbocycles. The van der Waals surface area contributed by atoms with Crippen molar-refractivity contribution in [1.82, 2.24) is 10.6 Å². The zero-order chi connectivity index (χ0) is 19.4. The lowest BCUT2D eigenvalue weighted by Gasteiger charge is -2.32. The highest BCUT2D eigenvalue weighted by Gasteiger charge is 2.35. The molecule has 1 aliphatic heterocycles. The van der Waals surface area contributed by atoms with Crippen molar-refractivity contribution in [3.05, 3.63) is 70.2 Å². The Labute approximate surface area is 173 Å². The molecule has 3 rings (SSSR count). The molecule has 1 heterocycles. The summed E-state index contributed by atoms with van der Waals surface area (Å²) >= 11 is 5.91. The zero-order valence-electron chi connectivity index (χ0n) is 14.9. The quantitative estimate of drug-likeness (QED) is 0.679. The summed E-state index contributed by atoms with van der Waals surface area (Å²) in [5.41, 5.74) is -0.291. The van der Waals surface area contributed by atoms with Gasteiger partial charge in [0.1, 0.15) is 0 Å². The molecule has 0 aliphatic carbocycles. The van der Waals surface area contributed by atoms with E-state index in [4.69, 9.17) is 11.6 Å². The van der Waals surface area contributed by atoms with Crippen LogP contribution in [0.5, 0.6) is 0 Å². The van der Waals surface area contributed by atoms with Gasteiger partial charge in [0.2, 0.25) is 0 Å². The van der Waals surface area contributed by atoms with Crippen molar-refractivity contribution in [2.75, 3.05) is 6.54 Å². The van der Waals surface area contributed by atoms with Gasteiger partial charge in [-0.05, 0) is 37.1 Å². The number of rotatable bonds is 4. The van der Waals surface area contributed by atoms with Gasteiger partial charge in [0.05, 0.1) is 22.2 Å². The van der Waals surface area contributed by atoms with Gasteiger partial charge in [0.25, 0.3) is 5.91 Å². The van der Waals surface area contributed by atoms with Gasteiger partial charge in [-0.1, -0.05) is 54.4 Å². The number of nitrogens with one attached hydrogen (secondary N) is 2. The summed E-state index contributed by atoms with van der Waals surface area (Å²) in [4.78, 5) is 12.8. The maximum Gasteiger partial charge on any atom is 0.417 e. The maximum absolute atomic E-state index is 13.1. The molecule has 1 fully saturated rings. The molecular formula is C20H21Cl2F3N2O. The molecule has 1 aliphatic rings. The molecule has 2 aromatic carbocycles. The lowest BCUT2D eigenvalue weighted by molar-refractivity contribution is -0.137. The standard InChI is InChI=1S/C20H20ClF3N2O.ClH/c21-17-14(9-6-10-15(17)20(22,23)24)19(27)26-18(13-7-2-1-3-8-13)16-11-4-5-12-25-16;/h1-3,6-10,16,18,25H,4-5,11-12H2,(H,26,27);1H/t16-,18-;/m0./s1. The molecule has 3 nitrogen and oxygen atoms in total. The third-order valence-electron chi connectivity index (χ3n) is 4.74. The normalized spacial score (nSPS) is 18.1. The predicted molar refractivity (Wildman–Crippen MR) is 106 cm³/mol.